The molecule has 14 heavy (non-hydrogen) atoms. The lowest BCUT2D eigenvalue weighted by atomic mass is 10.1. The SMILES string of the molecule is C\C=C/C(O)=C\C=C(/C)[C@@H](C)NCC. The summed E-state index contributed by atoms with van der Waals surface area (Å²) in [7, 11) is 0. The van der Waals surface area contributed by atoms with Gasteiger partial charge in [-0.15, -0.1) is 0 Å². The average molecular weight is 195 g/mol. The lowest BCUT2D eigenvalue weighted by Gasteiger charge is -2.11. The van der Waals surface area contributed by atoms with E-state index in [1.54, 1.807) is 12.2 Å². The number of likely N-dealkylation sites (N-methyl/N-ethyl adjacent to an activating group) is 1. The minimum Gasteiger partial charge on any atom is -0.508 e. The van der Waals surface area contributed by atoms with Crippen molar-refractivity contribution in [3.8, 4) is 0 Å². The number of aliphatic hydroxyl groups excluding tert-OH is 1. The third-order valence-electron chi connectivity index (χ3n) is 2.05. The van der Waals surface area contributed by atoms with Crippen molar-refractivity contribution in [1.82, 2.24) is 5.32 Å². The second-order valence-corrected chi connectivity index (χ2v) is 3.28. The largest absolute Gasteiger partial charge is 0.508 e. The molecular weight excluding hydrogens is 174 g/mol. The van der Waals surface area contributed by atoms with Crippen LogP contribution < -0.4 is 5.32 Å². The third kappa shape index (κ3) is 5.60. The molecular formula is C12H21NO. The van der Waals surface area contributed by atoms with E-state index in [4.69, 9.17) is 0 Å². The molecule has 0 aromatic rings. The first kappa shape index (κ1) is 13.0. The number of hydrogen-bond donors (Lipinski definition) is 2. The van der Waals surface area contributed by atoms with Crippen LogP contribution >= 0.6 is 0 Å². The highest BCUT2D eigenvalue weighted by Gasteiger charge is 1.99. The molecule has 0 rings (SSSR count). The number of aliphatic hydroxyl groups is 1. The Labute approximate surface area is 87.0 Å². The van der Waals surface area contributed by atoms with Gasteiger partial charge in [0.1, 0.15) is 5.76 Å². The molecule has 0 aliphatic carbocycles. The zero-order valence-electron chi connectivity index (χ0n) is 9.54. The van der Waals surface area contributed by atoms with Crippen LogP contribution in [0.3, 0.4) is 0 Å². The molecule has 0 spiro atoms. The predicted molar refractivity (Wildman–Crippen MR) is 62.4 cm³/mol. The highest BCUT2D eigenvalue weighted by atomic mass is 16.3. The molecule has 0 fully saturated rings. The minimum absolute atomic E-state index is 0.288. The normalized spacial score (nSPS) is 16.3. The van der Waals surface area contributed by atoms with Crippen LogP contribution in [-0.4, -0.2) is 17.7 Å². The van der Waals surface area contributed by atoms with Crippen molar-refractivity contribution in [2.75, 3.05) is 6.54 Å². The summed E-state index contributed by atoms with van der Waals surface area (Å²) in [5.41, 5.74) is 1.21. The van der Waals surface area contributed by atoms with E-state index < -0.39 is 0 Å². The van der Waals surface area contributed by atoms with Gasteiger partial charge < -0.3 is 10.4 Å². The molecule has 2 nitrogen and oxygen atoms in total. The van der Waals surface area contributed by atoms with Gasteiger partial charge in [-0.1, -0.05) is 24.6 Å². The van der Waals surface area contributed by atoms with Crippen molar-refractivity contribution in [3.05, 3.63) is 35.6 Å². The average Bonchev–Trinajstić information content (AvgIpc) is 2.15. The van der Waals surface area contributed by atoms with Gasteiger partial charge in [0.2, 0.25) is 0 Å². The quantitative estimate of drug-likeness (QED) is 0.522. The van der Waals surface area contributed by atoms with Crippen molar-refractivity contribution in [2.45, 2.75) is 33.7 Å². The van der Waals surface area contributed by atoms with Gasteiger partial charge in [-0.2, -0.15) is 0 Å². The Morgan fingerprint density at radius 1 is 1.43 bits per heavy atom. The van der Waals surface area contributed by atoms with Crippen molar-refractivity contribution < 1.29 is 5.11 Å². The third-order valence-corrected chi connectivity index (χ3v) is 2.05. The summed E-state index contributed by atoms with van der Waals surface area (Å²) in [5, 5.41) is 12.6. The Balaban J connectivity index is 4.29. The Morgan fingerprint density at radius 2 is 2.07 bits per heavy atom. The molecule has 0 radical (unpaired) electrons. The predicted octanol–water partition coefficient (Wildman–Crippen LogP) is 2.95. The van der Waals surface area contributed by atoms with Crippen LogP contribution in [0.4, 0.5) is 0 Å². The fourth-order valence-corrected chi connectivity index (χ4v) is 1.05. The summed E-state index contributed by atoms with van der Waals surface area (Å²) in [4.78, 5) is 0. The van der Waals surface area contributed by atoms with Crippen LogP contribution in [0.1, 0.15) is 27.7 Å². The van der Waals surface area contributed by atoms with Crippen molar-refractivity contribution >= 4 is 0 Å². The fourth-order valence-electron chi connectivity index (χ4n) is 1.05. The smallest absolute Gasteiger partial charge is 0.115 e. The molecule has 2 N–H and O–H groups in total. The molecule has 0 aromatic carbocycles. The van der Waals surface area contributed by atoms with Crippen LogP contribution in [0.15, 0.2) is 35.6 Å². The summed E-state index contributed by atoms with van der Waals surface area (Å²) >= 11 is 0. The Bertz CT molecular complexity index is 239. The highest BCUT2D eigenvalue weighted by Crippen LogP contribution is 2.02. The maximum absolute atomic E-state index is 9.32. The molecule has 1 atom stereocenters. The summed E-state index contributed by atoms with van der Waals surface area (Å²) < 4.78 is 0. The standard InChI is InChI=1S/C12H21NO/c1-5-7-12(14)9-8-10(3)11(4)13-6-2/h5,7-9,11,13-14H,6H2,1-4H3/b7-5-,10-8+,12-9+/t11-/m1/s1. The zero-order valence-corrected chi connectivity index (χ0v) is 9.54. The molecule has 0 saturated heterocycles. The van der Waals surface area contributed by atoms with Crippen LogP contribution in [-0.2, 0) is 0 Å². The van der Waals surface area contributed by atoms with E-state index in [0.717, 1.165) is 6.54 Å². The number of allylic oxidation sites excluding steroid dienone is 4. The van der Waals surface area contributed by atoms with Crippen molar-refractivity contribution in [3.63, 3.8) is 0 Å². The van der Waals surface area contributed by atoms with E-state index in [1.807, 2.05) is 26.0 Å². The van der Waals surface area contributed by atoms with E-state index in [-0.39, 0.29) is 5.76 Å². The highest BCUT2D eigenvalue weighted by molar-refractivity contribution is 5.21. The second-order valence-electron chi connectivity index (χ2n) is 3.28. The molecule has 0 saturated carbocycles. The molecule has 0 unspecified atom stereocenters. The van der Waals surface area contributed by atoms with Gasteiger partial charge in [0.15, 0.2) is 0 Å². The van der Waals surface area contributed by atoms with Crippen LogP contribution in [0.5, 0.6) is 0 Å². The second kappa shape index (κ2) is 7.39. The Morgan fingerprint density at radius 3 is 2.57 bits per heavy atom. The molecule has 0 amide bonds. The molecule has 0 heterocycles. The first-order valence-corrected chi connectivity index (χ1v) is 5.05. The number of rotatable bonds is 5. The summed E-state index contributed by atoms with van der Waals surface area (Å²) in [5.74, 6) is 0.288. The van der Waals surface area contributed by atoms with Gasteiger partial charge >= 0.3 is 0 Å². The van der Waals surface area contributed by atoms with Gasteiger partial charge in [0, 0.05) is 6.04 Å². The molecule has 0 aliphatic heterocycles. The maximum atomic E-state index is 9.32. The first-order valence-electron chi connectivity index (χ1n) is 5.05. The maximum Gasteiger partial charge on any atom is 0.115 e. The van der Waals surface area contributed by atoms with E-state index >= 15 is 0 Å². The van der Waals surface area contributed by atoms with Gasteiger partial charge in [-0.3, -0.25) is 0 Å². The van der Waals surface area contributed by atoms with Crippen LogP contribution in [0, 0.1) is 0 Å². The molecule has 0 aromatic heterocycles. The summed E-state index contributed by atoms with van der Waals surface area (Å²) in [6, 6.07) is 0.356. The van der Waals surface area contributed by atoms with Gasteiger partial charge in [0.05, 0.1) is 0 Å². The Hall–Kier alpha value is -1.02. The van der Waals surface area contributed by atoms with Crippen molar-refractivity contribution in [1.29, 1.82) is 0 Å². The monoisotopic (exact) mass is 195 g/mol. The molecule has 0 bridgehead atoms. The summed E-state index contributed by atoms with van der Waals surface area (Å²) in [6.45, 7) is 9.07. The van der Waals surface area contributed by atoms with E-state index in [9.17, 15) is 5.11 Å². The van der Waals surface area contributed by atoms with Crippen LogP contribution in [0.25, 0.3) is 0 Å². The zero-order chi connectivity index (χ0) is 11.0. The first-order chi connectivity index (χ1) is 6.61. The van der Waals surface area contributed by atoms with E-state index in [1.165, 1.54) is 5.57 Å². The van der Waals surface area contributed by atoms with Gasteiger partial charge in [-0.25, -0.2) is 0 Å². The minimum atomic E-state index is 0.288. The number of nitrogens with one attached hydrogen (secondary N) is 1. The lowest BCUT2D eigenvalue weighted by Crippen LogP contribution is -2.26. The number of hydrogen-bond acceptors (Lipinski definition) is 2. The molecule has 0 aliphatic rings. The van der Waals surface area contributed by atoms with Gasteiger partial charge in [-0.05, 0) is 39.5 Å². The molecule has 80 valence electrons. The van der Waals surface area contributed by atoms with Crippen LogP contribution in [0.2, 0.25) is 0 Å². The van der Waals surface area contributed by atoms with E-state index in [0.29, 0.717) is 6.04 Å². The van der Waals surface area contributed by atoms with E-state index in [2.05, 4.69) is 19.2 Å². The van der Waals surface area contributed by atoms with Crippen molar-refractivity contribution in [2.24, 2.45) is 0 Å². The van der Waals surface area contributed by atoms with Gasteiger partial charge in [0.25, 0.3) is 0 Å². The molecule has 2 heteroatoms. The lowest BCUT2D eigenvalue weighted by molar-refractivity contribution is 0.432. The Kier molecular flexibility index (Phi) is 6.85. The summed E-state index contributed by atoms with van der Waals surface area (Å²) in [6.07, 6.45) is 7.12. The fraction of sp³-hybridized carbons (Fsp3) is 0.500. The topological polar surface area (TPSA) is 32.3 Å².